The SMILES string of the molecule is CCNC(C)(C)CNCCC(F)(F)F. The molecule has 0 rings (SSSR count). The number of hydrogen-bond donors (Lipinski definition) is 2. The van der Waals surface area contributed by atoms with Gasteiger partial charge in [-0.25, -0.2) is 0 Å². The van der Waals surface area contributed by atoms with Crippen molar-refractivity contribution >= 4 is 0 Å². The average Bonchev–Trinajstić information content (AvgIpc) is 1.96. The van der Waals surface area contributed by atoms with Crippen LogP contribution in [0, 0.1) is 0 Å². The zero-order valence-corrected chi connectivity index (χ0v) is 8.96. The molecule has 0 spiro atoms. The maximum Gasteiger partial charge on any atom is 0.390 e. The Morgan fingerprint density at radius 2 is 1.71 bits per heavy atom. The normalized spacial score (nSPS) is 13.3. The smallest absolute Gasteiger partial charge is 0.315 e. The molecule has 0 aromatic rings. The first-order chi connectivity index (χ1) is 6.27. The van der Waals surface area contributed by atoms with Crippen molar-refractivity contribution in [2.45, 2.75) is 38.9 Å². The predicted octanol–water partition coefficient (Wildman–Crippen LogP) is 1.92. The van der Waals surface area contributed by atoms with E-state index in [9.17, 15) is 13.2 Å². The van der Waals surface area contributed by atoms with E-state index in [1.54, 1.807) is 0 Å². The van der Waals surface area contributed by atoms with Crippen molar-refractivity contribution in [3.8, 4) is 0 Å². The highest BCUT2D eigenvalue weighted by Gasteiger charge is 2.26. The molecule has 2 N–H and O–H groups in total. The molecule has 0 radical (unpaired) electrons. The molecule has 14 heavy (non-hydrogen) atoms. The Bertz CT molecular complexity index is 155. The van der Waals surface area contributed by atoms with Gasteiger partial charge in [-0.2, -0.15) is 13.2 Å². The fourth-order valence-corrected chi connectivity index (χ4v) is 1.17. The van der Waals surface area contributed by atoms with Crippen LogP contribution in [0.15, 0.2) is 0 Å². The molecule has 0 bridgehead atoms. The van der Waals surface area contributed by atoms with Gasteiger partial charge in [0.1, 0.15) is 0 Å². The quantitative estimate of drug-likeness (QED) is 0.657. The molecule has 0 amide bonds. The van der Waals surface area contributed by atoms with E-state index in [2.05, 4.69) is 10.6 Å². The Morgan fingerprint density at radius 1 is 1.14 bits per heavy atom. The minimum atomic E-state index is -4.06. The molecule has 0 aliphatic carbocycles. The van der Waals surface area contributed by atoms with E-state index < -0.39 is 12.6 Å². The first-order valence-corrected chi connectivity index (χ1v) is 4.79. The lowest BCUT2D eigenvalue weighted by molar-refractivity contribution is -0.133. The van der Waals surface area contributed by atoms with E-state index in [1.807, 2.05) is 20.8 Å². The molecule has 0 aromatic heterocycles. The van der Waals surface area contributed by atoms with Gasteiger partial charge >= 0.3 is 6.18 Å². The van der Waals surface area contributed by atoms with Crippen LogP contribution in [0.2, 0.25) is 0 Å². The third-order valence-corrected chi connectivity index (χ3v) is 1.81. The molecule has 2 nitrogen and oxygen atoms in total. The monoisotopic (exact) mass is 212 g/mol. The van der Waals surface area contributed by atoms with Crippen molar-refractivity contribution in [1.29, 1.82) is 0 Å². The Balaban J connectivity index is 3.54. The molecule has 0 aliphatic rings. The van der Waals surface area contributed by atoms with Crippen LogP contribution < -0.4 is 10.6 Å². The van der Waals surface area contributed by atoms with Crippen molar-refractivity contribution in [3.05, 3.63) is 0 Å². The number of hydrogen-bond acceptors (Lipinski definition) is 2. The highest BCUT2D eigenvalue weighted by Crippen LogP contribution is 2.18. The second-order valence-electron chi connectivity index (χ2n) is 3.96. The zero-order valence-electron chi connectivity index (χ0n) is 8.96. The fourth-order valence-electron chi connectivity index (χ4n) is 1.17. The van der Waals surface area contributed by atoms with Crippen LogP contribution in [0.5, 0.6) is 0 Å². The number of likely N-dealkylation sites (N-methyl/N-ethyl adjacent to an activating group) is 1. The van der Waals surface area contributed by atoms with Crippen LogP contribution in [-0.4, -0.2) is 31.3 Å². The van der Waals surface area contributed by atoms with Gasteiger partial charge in [-0.05, 0) is 20.4 Å². The van der Waals surface area contributed by atoms with Gasteiger partial charge in [0.25, 0.3) is 0 Å². The Labute approximate surface area is 83.3 Å². The van der Waals surface area contributed by atoms with Crippen LogP contribution in [0.3, 0.4) is 0 Å². The van der Waals surface area contributed by atoms with Gasteiger partial charge in [-0.15, -0.1) is 0 Å². The van der Waals surface area contributed by atoms with Crippen molar-refractivity contribution in [1.82, 2.24) is 10.6 Å². The van der Waals surface area contributed by atoms with Gasteiger partial charge in [0, 0.05) is 18.6 Å². The van der Waals surface area contributed by atoms with Crippen LogP contribution in [0.1, 0.15) is 27.2 Å². The highest BCUT2D eigenvalue weighted by atomic mass is 19.4. The van der Waals surface area contributed by atoms with E-state index >= 15 is 0 Å². The minimum absolute atomic E-state index is 0.0156. The van der Waals surface area contributed by atoms with E-state index in [-0.39, 0.29) is 12.1 Å². The number of halogens is 3. The summed E-state index contributed by atoms with van der Waals surface area (Å²) >= 11 is 0. The number of nitrogens with one attached hydrogen (secondary N) is 2. The van der Waals surface area contributed by atoms with E-state index in [1.165, 1.54) is 0 Å². The van der Waals surface area contributed by atoms with Crippen LogP contribution in [0.4, 0.5) is 13.2 Å². The summed E-state index contributed by atoms with van der Waals surface area (Å²) in [6.07, 6.45) is -4.83. The van der Waals surface area contributed by atoms with E-state index in [0.717, 1.165) is 6.54 Å². The molecule has 0 saturated carbocycles. The summed E-state index contributed by atoms with van der Waals surface area (Å²) in [5, 5.41) is 5.96. The molecule has 5 heteroatoms. The van der Waals surface area contributed by atoms with Crippen LogP contribution in [-0.2, 0) is 0 Å². The van der Waals surface area contributed by atoms with Gasteiger partial charge in [0.2, 0.25) is 0 Å². The molecular weight excluding hydrogens is 193 g/mol. The van der Waals surface area contributed by atoms with Crippen LogP contribution >= 0.6 is 0 Å². The summed E-state index contributed by atoms with van der Waals surface area (Å²) in [6, 6.07) is 0. The standard InChI is InChI=1S/C9H19F3N2/c1-4-14-8(2,3)7-13-6-5-9(10,11)12/h13-14H,4-7H2,1-3H3. The van der Waals surface area contributed by atoms with Gasteiger partial charge in [-0.1, -0.05) is 6.92 Å². The van der Waals surface area contributed by atoms with E-state index in [4.69, 9.17) is 0 Å². The first-order valence-electron chi connectivity index (χ1n) is 4.79. The molecular formula is C9H19F3N2. The van der Waals surface area contributed by atoms with Crippen LogP contribution in [0.25, 0.3) is 0 Å². The summed E-state index contributed by atoms with van der Waals surface area (Å²) in [5.74, 6) is 0. The largest absolute Gasteiger partial charge is 0.390 e. The molecule has 0 aromatic carbocycles. The third-order valence-electron chi connectivity index (χ3n) is 1.81. The summed E-state index contributed by atoms with van der Waals surface area (Å²) in [5.41, 5.74) is -0.152. The highest BCUT2D eigenvalue weighted by molar-refractivity contribution is 4.79. The maximum atomic E-state index is 11.8. The average molecular weight is 212 g/mol. The fraction of sp³-hybridized carbons (Fsp3) is 1.00. The number of alkyl halides is 3. The predicted molar refractivity (Wildman–Crippen MR) is 51.3 cm³/mol. The first kappa shape index (κ1) is 13.7. The molecule has 0 aliphatic heterocycles. The van der Waals surface area contributed by atoms with Gasteiger partial charge in [0.15, 0.2) is 0 Å². The lowest BCUT2D eigenvalue weighted by atomic mass is 10.1. The van der Waals surface area contributed by atoms with E-state index in [0.29, 0.717) is 6.54 Å². The van der Waals surface area contributed by atoms with Gasteiger partial charge in [0.05, 0.1) is 6.42 Å². The lowest BCUT2D eigenvalue weighted by Gasteiger charge is -2.26. The minimum Gasteiger partial charge on any atom is -0.315 e. The summed E-state index contributed by atoms with van der Waals surface area (Å²) < 4.78 is 35.3. The van der Waals surface area contributed by atoms with Gasteiger partial charge in [-0.3, -0.25) is 0 Å². The summed E-state index contributed by atoms with van der Waals surface area (Å²) in [4.78, 5) is 0. The van der Waals surface area contributed by atoms with Crippen molar-refractivity contribution in [2.24, 2.45) is 0 Å². The molecule has 0 heterocycles. The Morgan fingerprint density at radius 3 is 2.14 bits per heavy atom. The third kappa shape index (κ3) is 8.31. The second kappa shape index (κ2) is 5.56. The summed E-state index contributed by atoms with van der Waals surface area (Å²) in [6.45, 7) is 7.22. The molecule has 0 saturated heterocycles. The second-order valence-corrected chi connectivity index (χ2v) is 3.96. The molecule has 0 fully saturated rings. The Hall–Kier alpha value is -0.290. The molecule has 86 valence electrons. The Kier molecular flexibility index (Phi) is 5.44. The topological polar surface area (TPSA) is 24.1 Å². The maximum absolute atomic E-state index is 11.8. The lowest BCUT2D eigenvalue weighted by Crippen LogP contribution is -2.47. The van der Waals surface area contributed by atoms with Gasteiger partial charge < -0.3 is 10.6 Å². The van der Waals surface area contributed by atoms with Crippen molar-refractivity contribution < 1.29 is 13.2 Å². The zero-order chi connectivity index (χ0) is 11.2. The molecule has 0 unspecified atom stereocenters. The van der Waals surface area contributed by atoms with Crippen molar-refractivity contribution in [2.75, 3.05) is 19.6 Å². The number of rotatable bonds is 6. The summed E-state index contributed by atoms with van der Waals surface area (Å²) in [7, 11) is 0. The van der Waals surface area contributed by atoms with Crippen molar-refractivity contribution in [3.63, 3.8) is 0 Å². The molecule has 0 atom stereocenters.